The molecule has 0 spiro atoms. The summed E-state index contributed by atoms with van der Waals surface area (Å²) < 4.78 is 7.81. The second kappa shape index (κ2) is 13.6. The highest BCUT2D eigenvalue weighted by atomic mass is 16.5. The van der Waals surface area contributed by atoms with Crippen LogP contribution < -0.4 is 4.74 Å². The zero-order valence-electron chi connectivity index (χ0n) is 22.8. The molecule has 0 aliphatic carbocycles. The highest BCUT2D eigenvalue weighted by Gasteiger charge is 2.17. The van der Waals surface area contributed by atoms with Gasteiger partial charge in [0.1, 0.15) is 12.4 Å². The Balaban J connectivity index is 1.29. The Hall–Kier alpha value is -4.12. The summed E-state index contributed by atoms with van der Waals surface area (Å²) in [4.78, 5) is 24.2. The molecule has 1 N–H and O–H groups in total. The van der Waals surface area contributed by atoms with E-state index in [9.17, 15) is 9.59 Å². The van der Waals surface area contributed by atoms with Gasteiger partial charge >= 0.3 is 5.97 Å². The molecule has 4 aromatic rings. The monoisotopic (exact) mass is 523 g/mol. The fourth-order valence-corrected chi connectivity index (χ4v) is 4.77. The summed E-state index contributed by atoms with van der Waals surface area (Å²) in [6.45, 7) is 5.51. The first kappa shape index (κ1) is 27.9. The minimum absolute atomic E-state index is 0.0631. The topological polar surface area (TPSA) is 68.5 Å². The fraction of sp³-hybridized carbons (Fsp3) is 0.294. The van der Waals surface area contributed by atoms with E-state index in [1.54, 1.807) is 12.1 Å². The summed E-state index contributed by atoms with van der Waals surface area (Å²) in [5.41, 5.74) is 4.88. The van der Waals surface area contributed by atoms with E-state index in [1.807, 2.05) is 53.2 Å². The van der Waals surface area contributed by atoms with Crippen molar-refractivity contribution < 1.29 is 19.4 Å². The van der Waals surface area contributed by atoms with Crippen LogP contribution in [0.1, 0.15) is 60.2 Å². The quantitative estimate of drug-likeness (QED) is 0.137. The minimum atomic E-state index is -0.816. The number of para-hydroxylation sites is 1. The molecule has 1 aromatic heterocycles. The van der Waals surface area contributed by atoms with E-state index in [4.69, 9.17) is 9.84 Å². The number of aromatic nitrogens is 1. The third-order valence-electron chi connectivity index (χ3n) is 6.72. The summed E-state index contributed by atoms with van der Waals surface area (Å²) >= 11 is 0. The molecule has 0 fully saturated rings. The van der Waals surface area contributed by atoms with Crippen molar-refractivity contribution in [3.8, 4) is 5.75 Å². The number of hydrogen-bond acceptors (Lipinski definition) is 3. The molecule has 0 radical (unpaired) electrons. The molecular weight excluding hydrogens is 486 g/mol. The Morgan fingerprint density at radius 1 is 0.923 bits per heavy atom. The normalized spacial score (nSPS) is 11.5. The lowest BCUT2D eigenvalue weighted by atomic mass is 10.0. The van der Waals surface area contributed by atoms with Gasteiger partial charge in [0.15, 0.2) is 5.78 Å². The van der Waals surface area contributed by atoms with Gasteiger partial charge in [-0.15, -0.1) is 0 Å². The average molecular weight is 524 g/mol. The molecule has 1 heterocycles. The van der Waals surface area contributed by atoms with Crippen LogP contribution in [0.5, 0.6) is 5.75 Å². The molecule has 202 valence electrons. The van der Waals surface area contributed by atoms with Gasteiger partial charge < -0.3 is 14.4 Å². The predicted octanol–water partition coefficient (Wildman–Crippen LogP) is 7.50. The van der Waals surface area contributed by atoms with Gasteiger partial charge in [-0.05, 0) is 73.1 Å². The summed E-state index contributed by atoms with van der Waals surface area (Å²) in [7, 11) is 0. The Morgan fingerprint density at radius 2 is 1.64 bits per heavy atom. The van der Waals surface area contributed by atoms with Crippen LogP contribution in [-0.4, -0.2) is 28.0 Å². The van der Waals surface area contributed by atoms with Crippen molar-refractivity contribution in [2.24, 2.45) is 5.92 Å². The second-order valence-electron chi connectivity index (χ2n) is 10.3. The Morgan fingerprint density at radius 3 is 2.36 bits per heavy atom. The first-order chi connectivity index (χ1) is 18.9. The maximum atomic E-state index is 13.3. The van der Waals surface area contributed by atoms with Crippen molar-refractivity contribution in [1.82, 2.24) is 4.57 Å². The number of aryl methyl sites for hydroxylation is 2. The number of nitrogens with zero attached hydrogens (tertiary/aromatic N) is 1. The lowest BCUT2D eigenvalue weighted by Gasteiger charge is -2.06. The number of hydrogen-bond donors (Lipinski definition) is 1. The molecule has 0 amide bonds. The Bertz CT molecular complexity index is 1410. The third kappa shape index (κ3) is 7.93. The van der Waals surface area contributed by atoms with Crippen molar-refractivity contribution in [3.63, 3.8) is 0 Å². The smallest absolute Gasteiger partial charge is 0.303 e. The number of carbonyl (C=O) groups excluding carboxylic acids is 1. The van der Waals surface area contributed by atoms with Gasteiger partial charge in [0.25, 0.3) is 0 Å². The fourth-order valence-electron chi connectivity index (χ4n) is 4.77. The second-order valence-corrected chi connectivity index (χ2v) is 10.3. The van der Waals surface area contributed by atoms with Crippen molar-refractivity contribution in [3.05, 3.63) is 113 Å². The third-order valence-corrected chi connectivity index (χ3v) is 6.72. The molecule has 0 saturated carbocycles. The van der Waals surface area contributed by atoms with Gasteiger partial charge in [0, 0.05) is 41.2 Å². The van der Waals surface area contributed by atoms with Gasteiger partial charge in [0.05, 0.1) is 0 Å². The Labute approximate surface area is 230 Å². The lowest BCUT2D eigenvalue weighted by molar-refractivity contribution is -0.137. The standard InChI is InChI=1S/C34H37NO4/c1-25(2)23-27-15-13-26(14-16-27)9-4-3-7-22-39-29-19-17-28(18-20-29)34(38)31-24-35(21-8-12-33(36)37)32-11-6-5-10-30(31)32/h3,5-7,10-11,13-20,24-25H,4,8-9,12,21-23H2,1-2H3,(H,36,37)/b7-3+. The van der Waals surface area contributed by atoms with Crippen molar-refractivity contribution in [2.45, 2.75) is 52.5 Å². The number of carbonyl (C=O) groups is 2. The molecular formula is C34H37NO4. The first-order valence-corrected chi connectivity index (χ1v) is 13.7. The van der Waals surface area contributed by atoms with Crippen molar-refractivity contribution in [2.75, 3.05) is 6.61 Å². The molecule has 4 rings (SSSR count). The Kier molecular flexibility index (Phi) is 9.74. The summed E-state index contributed by atoms with van der Waals surface area (Å²) in [6.07, 6.45) is 9.71. The lowest BCUT2D eigenvalue weighted by Crippen LogP contribution is -2.02. The van der Waals surface area contributed by atoms with Crippen LogP contribution in [0.4, 0.5) is 0 Å². The highest BCUT2D eigenvalue weighted by molar-refractivity contribution is 6.16. The van der Waals surface area contributed by atoms with Crippen LogP contribution >= 0.6 is 0 Å². The first-order valence-electron chi connectivity index (χ1n) is 13.7. The van der Waals surface area contributed by atoms with Gasteiger partial charge in [-0.1, -0.05) is 68.5 Å². The number of fused-ring (bicyclic) bond motifs is 1. The van der Waals surface area contributed by atoms with Crippen LogP contribution in [0.15, 0.2) is 91.1 Å². The van der Waals surface area contributed by atoms with Crippen LogP contribution in [0, 0.1) is 5.92 Å². The van der Waals surface area contributed by atoms with Crippen LogP contribution in [0.2, 0.25) is 0 Å². The molecule has 0 saturated heterocycles. The van der Waals surface area contributed by atoms with Crippen LogP contribution in [0.3, 0.4) is 0 Å². The largest absolute Gasteiger partial charge is 0.490 e. The number of ether oxygens (including phenoxy) is 1. The molecule has 0 bridgehead atoms. The molecule has 3 aromatic carbocycles. The van der Waals surface area contributed by atoms with Gasteiger partial charge in [-0.25, -0.2) is 0 Å². The number of rotatable bonds is 14. The maximum absolute atomic E-state index is 13.3. The zero-order valence-corrected chi connectivity index (χ0v) is 22.8. The number of carboxylic acids is 1. The molecule has 5 nitrogen and oxygen atoms in total. The summed E-state index contributed by atoms with van der Waals surface area (Å²) in [5.74, 6) is 0.509. The summed E-state index contributed by atoms with van der Waals surface area (Å²) in [5, 5.41) is 9.83. The predicted molar refractivity (Wildman–Crippen MR) is 157 cm³/mol. The number of aliphatic carboxylic acids is 1. The molecule has 0 aliphatic rings. The SMILES string of the molecule is CC(C)Cc1ccc(CC/C=C/COc2ccc(C(=O)c3cn(CCCC(=O)O)c4ccccc34)cc2)cc1. The number of allylic oxidation sites excluding steroid dienone is 1. The van der Waals surface area contributed by atoms with E-state index in [2.05, 4.69) is 44.2 Å². The van der Waals surface area contributed by atoms with E-state index in [0.29, 0.717) is 42.4 Å². The van der Waals surface area contributed by atoms with E-state index < -0.39 is 5.97 Å². The van der Waals surface area contributed by atoms with Gasteiger partial charge in [-0.3, -0.25) is 9.59 Å². The van der Waals surface area contributed by atoms with E-state index in [0.717, 1.165) is 30.2 Å². The van der Waals surface area contributed by atoms with E-state index in [-0.39, 0.29) is 12.2 Å². The maximum Gasteiger partial charge on any atom is 0.303 e. The number of ketones is 1. The van der Waals surface area contributed by atoms with Gasteiger partial charge in [0.2, 0.25) is 0 Å². The highest BCUT2D eigenvalue weighted by Crippen LogP contribution is 2.25. The molecule has 5 heteroatoms. The van der Waals surface area contributed by atoms with E-state index >= 15 is 0 Å². The zero-order chi connectivity index (χ0) is 27.6. The van der Waals surface area contributed by atoms with Crippen LogP contribution in [0.25, 0.3) is 10.9 Å². The summed E-state index contributed by atoms with van der Waals surface area (Å²) in [6, 6.07) is 23.9. The minimum Gasteiger partial charge on any atom is -0.490 e. The van der Waals surface area contributed by atoms with Crippen molar-refractivity contribution >= 4 is 22.7 Å². The number of benzene rings is 3. The van der Waals surface area contributed by atoms with E-state index in [1.165, 1.54) is 11.1 Å². The molecule has 0 aliphatic heterocycles. The molecule has 0 unspecified atom stereocenters. The van der Waals surface area contributed by atoms with Crippen LogP contribution in [-0.2, 0) is 24.2 Å². The number of carboxylic acid groups (broad SMARTS) is 1. The average Bonchev–Trinajstić information content (AvgIpc) is 3.29. The van der Waals surface area contributed by atoms with Crippen molar-refractivity contribution in [1.29, 1.82) is 0 Å². The van der Waals surface area contributed by atoms with Gasteiger partial charge in [-0.2, -0.15) is 0 Å². The molecule has 0 atom stereocenters. The molecule has 39 heavy (non-hydrogen) atoms.